The highest BCUT2D eigenvalue weighted by molar-refractivity contribution is 7.88. The molecule has 5 nitrogen and oxygen atoms in total. The summed E-state index contributed by atoms with van der Waals surface area (Å²) in [6, 6.07) is 5.44. The Balaban J connectivity index is 2.20. The lowest BCUT2D eigenvalue weighted by molar-refractivity contribution is 0.0560. The van der Waals surface area contributed by atoms with Crippen LogP contribution in [0.4, 0.5) is 0 Å². The fourth-order valence-electron chi connectivity index (χ4n) is 2.30. The van der Waals surface area contributed by atoms with Crippen LogP contribution in [0.5, 0.6) is 0 Å². The van der Waals surface area contributed by atoms with Gasteiger partial charge in [-0.1, -0.05) is 29.3 Å². The molecule has 1 saturated heterocycles. The second kappa shape index (κ2) is 7.26. The van der Waals surface area contributed by atoms with Gasteiger partial charge in [-0.2, -0.15) is 0 Å². The molecule has 2 rings (SSSR count). The average Bonchev–Trinajstić information content (AvgIpc) is 2.64. The van der Waals surface area contributed by atoms with Crippen molar-refractivity contribution in [3.63, 3.8) is 0 Å². The summed E-state index contributed by atoms with van der Waals surface area (Å²) >= 11 is 12.0. The molecule has 0 radical (unpaired) electrons. The molecule has 0 unspecified atom stereocenters. The summed E-state index contributed by atoms with van der Waals surface area (Å²) in [6.07, 6.45) is 0.878. The molecule has 21 heavy (non-hydrogen) atoms. The normalized spacial score (nSPS) is 23.8. The Labute approximate surface area is 135 Å². The molecule has 1 aromatic carbocycles. The molecule has 0 bridgehead atoms. The summed E-state index contributed by atoms with van der Waals surface area (Å²) in [5.74, 6) is -0.00323. The zero-order valence-electron chi connectivity index (χ0n) is 11.6. The summed E-state index contributed by atoms with van der Waals surface area (Å²) in [5, 5.41) is 4.25. The van der Waals surface area contributed by atoms with E-state index in [-0.39, 0.29) is 18.6 Å². The van der Waals surface area contributed by atoms with E-state index in [0.29, 0.717) is 23.2 Å². The molecule has 1 aliphatic heterocycles. The Bertz CT molecular complexity index is 595. The monoisotopic (exact) mass is 352 g/mol. The van der Waals surface area contributed by atoms with E-state index in [2.05, 4.69) is 10.0 Å². The third kappa shape index (κ3) is 5.09. The SMILES string of the molecule is CS(=O)(=O)NC[C@H]1OCCNC[C@@H]1c1ccc(Cl)c(Cl)c1. The minimum absolute atomic E-state index is 0.00323. The van der Waals surface area contributed by atoms with Gasteiger partial charge >= 0.3 is 0 Å². The summed E-state index contributed by atoms with van der Waals surface area (Å²) in [5.41, 5.74) is 0.971. The van der Waals surface area contributed by atoms with Gasteiger partial charge in [-0.3, -0.25) is 0 Å². The summed E-state index contributed by atoms with van der Waals surface area (Å²) in [7, 11) is -3.25. The van der Waals surface area contributed by atoms with Gasteiger partial charge in [-0.15, -0.1) is 0 Å². The molecule has 0 aliphatic carbocycles. The van der Waals surface area contributed by atoms with Crippen LogP contribution in [0.1, 0.15) is 11.5 Å². The maximum Gasteiger partial charge on any atom is 0.208 e. The van der Waals surface area contributed by atoms with Crippen LogP contribution in [-0.2, 0) is 14.8 Å². The predicted octanol–water partition coefficient (Wildman–Crippen LogP) is 1.61. The van der Waals surface area contributed by atoms with E-state index in [0.717, 1.165) is 18.4 Å². The Morgan fingerprint density at radius 2 is 2.14 bits per heavy atom. The molecular weight excluding hydrogens is 335 g/mol. The highest BCUT2D eigenvalue weighted by atomic mass is 35.5. The van der Waals surface area contributed by atoms with Crippen LogP contribution in [-0.4, -0.2) is 47.0 Å². The highest BCUT2D eigenvalue weighted by Gasteiger charge is 2.27. The van der Waals surface area contributed by atoms with Gasteiger partial charge in [0.25, 0.3) is 0 Å². The van der Waals surface area contributed by atoms with Gasteiger partial charge in [0.2, 0.25) is 10.0 Å². The molecule has 1 fully saturated rings. The fourth-order valence-corrected chi connectivity index (χ4v) is 3.07. The molecule has 0 amide bonds. The number of ether oxygens (including phenoxy) is 1. The van der Waals surface area contributed by atoms with Gasteiger partial charge in [-0.25, -0.2) is 13.1 Å². The zero-order valence-corrected chi connectivity index (χ0v) is 13.9. The van der Waals surface area contributed by atoms with Crippen molar-refractivity contribution in [3.8, 4) is 0 Å². The molecular formula is C13H18Cl2N2O3S. The molecule has 118 valence electrons. The van der Waals surface area contributed by atoms with Crippen LogP contribution in [0.3, 0.4) is 0 Å². The average molecular weight is 353 g/mol. The molecule has 8 heteroatoms. The van der Waals surface area contributed by atoms with Crippen molar-refractivity contribution in [2.24, 2.45) is 0 Å². The lowest BCUT2D eigenvalue weighted by Crippen LogP contribution is -2.38. The number of sulfonamides is 1. The molecule has 2 atom stereocenters. The van der Waals surface area contributed by atoms with Crippen molar-refractivity contribution in [2.75, 3.05) is 32.5 Å². The Hall–Kier alpha value is -0.370. The lowest BCUT2D eigenvalue weighted by Gasteiger charge is -2.25. The van der Waals surface area contributed by atoms with E-state index in [4.69, 9.17) is 27.9 Å². The van der Waals surface area contributed by atoms with Crippen molar-refractivity contribution in [1.82, 2.24) is 10.0 Å². The van der Waals surface area contributed by atoms with Gasteiger partial charge in [0.1, 0.15) is 0 Å². The molecule has 2 N–H and O–H groups in total. The van der Waals surface area contributed by atoms with Crippen LogP contribution in [0, 0.1) is 0 Å². The van der Waals surface area contributed by atoms with Crippen molar-refractivity contribution in [2.45, 2.75) is 12.0 Å². The smallest absolute Gasteiger partial charge is 0.208 e. The first kappa shape index (κ1) is 17.0. The van der Waals surface area contributed by atoms with E-state index >= 15 is 0 Å². The number of nitrogens with one attached hydrogen (secondary N) is 2. The largest absolute Gasteiger partial charge is 0.375 e. The van der Waals surface area contributed by atoms with Crippen molar-refractivity contribution in [1.29, 1.82) is 0 Å². The van der Waals surface area contributed by atoms with Crippen molar-refractivity contribution >= 4 is 33.2 Å². The molecule has 0 aromatic heterocycles. The maximum atomic E-state index is 11.3. The molecule has 1 heterocycles. The number of benzene rings is 1. The van der Waals surface area contributed by atoms with E-state index in [1.54, 1.807) is 12.1 Å². The Morgan fingerprint density at radius 3 is 2.81 bits per heavy atom. The topological polar surface area (TPSA) is 67.4 Å². The standard InChI is InChI=1S/C13H18Cl2N2O3S/c1-21(18,19)17-8-13-10(7-16-4-5-20-13)9-2-3-11(14)12(15)6-9/h2-3,6,10,13,16-17H,4-5,7-8H2,1H3/t10-,13-/m1/s1. The number of hydrogen-bond acceptors (Lipinski definition) is 4. The van der Waals surface area contributed by atoms with Gasteiger partial charge in [0.05, 0.1) is 29.0 Å². The summed E-state index contributed by atoms with van der Waals surface area (Å²) in [4.78, 5) is 0. The van der Waals surface area contributed by atoms with Gasteiger partial charge < -0.3 is 10.1 Å². The third-order valence-corrected chi connectivity index (χ3v) is 4.77. The Kier molecular flexibility index (Phi) is 5.88. The first-order valence-electron chi connectivity index (χ1n) is 6.59. The number of halogens is 2. The second-order valence-electron chi connectivity index (χ2n) is 5.01. The summed E-state index contributed by atoms with van der Waals surface area (Å²) < 4.78 is 30.8. The Morgan fingerprint density at radius 1 is 1.38 bits per heavy atom. The number of hydrogen-bond donors (Lipinski definition) is 2. The maximum absolute atomic E-state index is 11.3. The van der Waals surface area contributed by atoms with Gasteiger partial charge in [0.15, 0.2) is 0 Å². The first-order valence-corrected chi connectivity index (χ1v) is 9.23. The van der Waals surface area contributed by atoms with E-state index in [1.165, 1.54) is 0 Å². The first-order chi connectivity index (χ1) is 9.87. The summed E-state index contributed by atoms with van der Waals surface area (Å²) in [6.45, 7) is 2.18. The fraction of sp³-hybridized carbons (Fsp3) is 0.538. The lowest BCUT2D eigenvalue weighted by atomic mass is 9.93. The zero-order chi connectivity index (χ0) is 15.5. The van der Waals surface area contributed by atoms with Crippen LogP contribution in [0.15, 0.2) is 18.2 Å². The van der Waals surface area contributed by atoms with Crippen molar-refractivity contribution in [3.05, 3.63) is 33.8 Å². The van der Waals surface area contributed by atoms with Gasteiger partial charge in [0, 0.05) is 25.6 Å². The quantitative estimate of drug-likeness (QED) is 0.863. The molecule has 0 spiro atoms. The minimum Gasteiger partial charge on any atom is -0.375 e. The van der Waals surface area contributed by atoms with E-state index < -0.39 is 10.0 Å². The molecule has 1 aromatic rings. The van der Waals surface area contributed by atoms with Crippen LogP contribution < -0.4 is 10.0 Å². The van der Waals surface area contributed by atoms with Crippen LogP contribution in [0.25, 0.3) is 0 Å². The number of rotatable bonds is 4. The second-order valence-corrected chi connectivity index (χ2v) is 7.66. The molecule has 1 aliphatic rings. The van der Waals surface area contributed by atoms with E-state index in [1.807, 2.05) is 6.07 Å². The highest BCUT2D eigenvalue weighted by Crippen LogP contribution is 2.29. The van der Waals surface area contributed by atoms with Crippen LogP contribution in [0.2, 0.25) is 10.0 Å². The van der Waals surface area contributed by atoms with E-state index in [9.17, 15) is 8.42 Å². The third-order valence-electron chi connectivity index (χ3n) is 3.34. The van der Waals surface area contributed by atoms with Gasteiger partial charge in [-0.05, 0) is 17.7 Å². The minimum atomic E-state index is -3.25. The van der Waals surface area contributed by atoms with Crippen molar-refractivity contribution < 1.29 is 13.2 Å². The van der Waals surface area contributed by atoms with Crippen LogP contribution >= 0.6 is 23.2 Å². The predicted molar refractivity (Wildman–Crippen MR) is 84.7 cm³/mol. The molecule has 0 saturated carbocycles.